The Balaban J connectivity index is 3.19. The number of amides is 1. The molecule has 42 heavy (non-hydrogen) atoms. The minimum absolute atomic E-state index is 0.0354. The van der Waals surface area contributed by atoms with Gasteiger partial charge in [-0.15, -0.1) is 0 Å². The molecule has 0 radical (unpaired) electrons. The van der Waals surface area contributed by atoms with E-state index in [1.165, 1.54) is 13.2 Å². The molecule has 1 rings (SSSR count). The van der Waals surface area contributed by atoms with Crippen molar-refractivity contribution in [2.75, 3.05) is 53.4 Å². The molecule has 1 saturated heterocycles. The maximum absolute atomic E-state index is 12.8. The third-order valence-electron chi connectivity index (χ3n) is 5.09. The van der Waals surface area contributed by atoms with E-state index in [1.54, 1.807) is 0 Å². The highest BCUT2D eigenvalue weighted by atomic mass is 16.7. The van der Waals surface area contributed by atoms with Gasteiger partial charge in [-0.25, -0.2) is 9.59 Å². The molecule has 0 spiro atoms. The normalized spacial score (nSPS) is 22.0. The largest absolute Gasteiger partial charge is 0.463 e. The molecule has 6 atom stereocenters. The van der Waals surface area contributed by atoms with E-state index in [0.717, 1.165) is 20.8 Å². The van der Waals surface area contributed by atoms with Gasteiger partial charge in [0.15, 0.2) is 24.5 Å². The smallest absolute Gasteiger partial charge is 0.408 e. The quantitative estimate of drug-likeness (QED) is 0.0422. The van der Waals surface area contributed by atoms with Crippen LogP contribution in [0.15, 0.2) is 17.8 Å². The molecule has 0 saturated carbocycles. The first-order valence-corrected chi connectivity index (χ1v) is 12.6. The van der Waals surface area contributed by atoms with Gasteiger partial charge in [-0.2, -0.15) is 0 Å². The summed E-state index contributed by atoms with van der Waals surface area (Å²) < 4.78 is 47.1. The first-order valence-electron chi connectivity index (χ1n) is 12.6. The molecule has 1 fully saturated rings. The Kier molecular flexibility index (Phi) is 17.2. The predicted octanol–water partition coefficient (Wildman–Crippen LogP) is 0.320. The van der Waals surface area contributed by atoms with Crippen LogP contribution in [-0.4, -0.2) is 120 Å². The maximum Gasteiger partial charge on any atom is 0.408 e. The molecule has 1 aliphatic heterocycles. The Morgan fingerprint density at radius 1 is 0.976 bits per heavy atom. The van der Waals surface area contributed by atoms with Crippen LogP contribution >= 0.6 is 0 Å². The Morgan fingerprint density at radius 2 is 1.64 bits per heavy atom. The van der Waals surface area contributed by atoms with Gasteiger partial charge in [0.25, 0.3) is 0 Å². The van der Waals surface area contributed by atoms with E-state index in [4.69, 9.17) is 42.6 Å². The number of methoxy groups -OCH3 is 1. The molecule has 1 N–H and O–H groups in total. The molecule has 0 aromatic heterocycles. The monoisotopic (exact) mass is 604 g/mol. The molecule has 0 aromatic rings. The molecule has 0 unspecified atom stereocenters. The minimum atomic E-state index is -1.56. The van der Waals surface area contributed by atoms with E-state index in [9.17, 15) is 29.5 Å². The van der Waals surface area contributed by atoms with Gasteiger partial charge >= 0.3 is 30.0 Å². The number of nitrogens with one attached hydrogen (secondary N) is 1. The summed E-state index contributed by atoms with van der Waals surface area (Å²) in [6.07, 6.45) is -5.37. The third kappa shape index (κ3) is 13.6. The Hall–Kier alpha value is -3.96. The molecule has 236 valence electrons. The summed E-state index contributed by atoms with van der Waals surface area (Å²) in [5.74, 6) is -3.27. The van der Waals surface area contributed by atoms with Gasteiger partial charge in [-0.3, -0.25) is 14.4 Å². The van der Waals surface area contributed by atoms with E-state index in [1.807, 2.05) is 0 Å². The number of esters is 4. The average molecular weight is 605 g/mol. The summed E-state index contributed by atoms with van der Waals surface area (Å²) in [6.45, 7) is 5.89. The van der Waals surface area contributed by atoms with Crippen molar-refractivity contribution in [3.63, 3.8) is 0 Å². The van der Waals surface area contributed by atoms with Crippen LogP contribution < -0.4 is 5.32 Å². The van der Waals surface area contributed by atoms with Gasteiger partial charge in [-0.1, -0.05) is 17.8 Å². The van der Waals surface area contributed by atoms with Gasteiger partial charge < -0.3 is 47.9 Å². The average Bonchev–Trinajstić information content (AvgIpc) is 2.92. The predicted molar refractivity (Wildman–Crippen MR) is 137 cm³/mol. The summed E-state index contributed by atoms with van der Waals surface area (Å²) in [5, 5.41) is 5.86. The fourth-order valence-electron chi connectivity index (χ4n) is 3.43. The zero-order chi connectivity index (χ0) is 31.5. The molecule has 0 aliphatic carbocycles. The van der Waals surface area contributed by atoms with Crippen molar-refractivity contribution in [2.45, 2.75) is 57.5 Å². The van der Waals surface area contributed by atoms with Crippen molar-refractivity contribution in [1.82, 2.24) is 5.32 Å². The second-order valence-corrected chi connectivity index (χ2v) is 8.38. The lowest BCUT2D eigenvalue weighted by atomic mass is 9.96. The summed E-state index contributed by atoms with van der Waals surface area (Å²) >= 11 is 0. The number of alkyl carbamates (subject to hydrolysis) is 1. The summed E-state index contributed by atoms with van der Waals surface area (Å²) in [5.41, 5.74) is 9.19. The van der Waals surface area contributed by atoms with Crippen molar-refractivity contribution >= 4 is 30.0 Å². The van der Waals surface area contributed by atoms with Crippen LogP contribution in [0, 0.1) is 0 Å². The number of ether oxygens (including phenoxy) is 9. The molecule has 1 aliphatic rings. The van der Waals surface area contributed by atoms with Crippen LogP contribution in [0.25, 0.3) is 10.4 Å². The Morgan fingerprint density at radius 3 is 2.24 bits per heavy atom. The van der Waals surface area contributed by atoms with E-state index >= 15 is 0 Å². The van der Waals surface area contributed by atoms with Crippen molar-refractivity contribution in [3.8, 4) is 0 Å². The number of azide groups is 1. The number of hydrogen-bond acceptors (Lipinski definition) is 15. The lowest BCUT2D eigenvalue weighted by molar-refractivity contribution is -0.274. The Bertz CT molecular complexity index is 973. The maximum atomic E-state index is 12.8. The van der Waals surface area contributed by atoms with E-state index in [0.29, 0.717) is 6.61 Å². The topological polar surface area (TPSA) is 229 Å². The summed E-state index contributed by atoms with van der Waals surface area (Å²) in [6, 6.07) is -2.93. The van der Waals surface area contributed by atoms with Crippen molar-refractivity contribution in [1.29, 1.82) is 0 Å². The van der Waals surface area contributed by atoms with Gasteiger partial charge in [-0.05, 0) is 5.53 Å². The molecular formula is C24H36N4O14. The van der Waals surface area contributed by atoms with E-state index < -0.39 is 79.9 Å². The highest BCUT2D eigenvalue weighted by Crippen LogP contribution is 2.30. The van der Waals surface area contributed by atoms with Crippen LogP contribution in [0.3, 0.4) is 0 Å². The highest BCUT2D eigenvalue weighted by molar-refractivity contribution is 5.81. The fraction of sp³-hybridized carbons (Fsp3) is 0.708. The number of carbonyl (C=O) groups excluding carboxylic acids is 5. The van der Waals surface area contributed by atoms with Gasteiger partial charge in [0, 0.05) is 32.8 Å². The molecule has 0 aromatic carbocycles. The van der Waals surface area contributed by atoms with E-state index in [-0.39, 0.29) is 26.4 Å². The lowest BCUT2D eigenvalue weighted by Crippen LogP contribution is -2.61. The van der Waals surface area contributed by atoms with Crippen LogP contribution in [0.4, 0.5) is 4.79 Å². The second kappa shape index (κ2) is 20.0. The molecule has 1 amide bonds. The number of carbonyl (C=O) groups is 5. The van der Waals surface area contributed by atoms with Crippen LogP contribution in [-0.2, 0) is 61.8 Å². The minimum Gasteiger partial charge on any atom is -0.463 e. The Labute approximate surface area is 241 Å². The van der Waals surface area contributed by atoms with Crippen LogP contribution in [0.1, 0.15) is 20.8 Å². The zero-order valence-corrected chi connectivity index (χ0v) is 23.8. The fourth-order valence-corrected chi connectivity index (χ4v) is 3.43. The molecule has 18 heteroatoms. The second-order valence-electron chi connectivity index (χ2n) is 8.38. The van der Waals surface area contributed by atoms with Gasteiger partial charge in [0.1, 0.15) is 32.0 Å². The van der Waals surface area contributed by atoms with Crippen molar-refractivity contribution < 1.29 is 66.6 Å². The molecule has 0 bridgehead atoms. The SMILES string of the molecule is C=CCOC(=O)N[C@@H](CO[C@H]1O[C@H](COC(C)=O)[C@H](OC(C)=O)[C@H](OC(C)=O)[C@H]1N=[N+]=[N-])C(=O)OCCOCCOC. The zero-order valence-electron chi connectivity index (χ0n) is 23.8. The van der Waals surface area contributed by atoms with Crippen LogP contribution in [0.2, 0.25) is 0 Å². The number of nitrogens with zero attached hydrogens (tertiary/aromatic N) is 3. The standard InChI is InChI=1S/C24H36N4O14/c1-6-7-37-24(33)26-17(22(32)36-11-10-35-9-8-34-5)12-39-23-19(27-28-25)21(41-16(4)31)20(40-15(3)30)18(42-23)13-38-14(2)29/h6,17-21,23H,1,7-13H2,2-5H3,(H,26,33)/t17-,18+,19+,20-,21+,23-/m0/s1. The first-order chi connectivity index (χ1) is 20.0. The summed E-state index contributed by atoms with van der Waals surface area (Å²) in [4.78, 5) is 62.8. The van der Waals surface area contributed by atoms with Gasteiger partial charge in [0.2, 0.25) is 0 Å². The van der Waals surface area contributed by atoms with Gasteiger partial charge in [0.05, 0.1) is 26.4 Å². The molecular weight excluding hydrogens is 568 g/mol. The lowest BCUT2D eigenvalue weighted by Gasteiger charge is -2.43. The van der Waals surface area contributed by atoms with E-state index in [2.05, 4.69) is 21.9 Å². The summed E-state index contributed by atoms with van der Waals surface area (Å²) in [7, 11) is 1.50. The molecule has 1 heterocycles. The number of hydrogen-bond donors (Lipinski definition) is 1. The van der Waals surface area contributed by atoms with Crippen LogP contribution in [0.5, 0.6) is 0 Å². The molecule has 18 nitrogen and oxygen atoms in total. The third-order valence-corrected chi connectivity index (χ3v) is 5.09. The van der Waals surface area contributed by atoms with Crippen molar-refractivity contribution in [3.05, 3.63) is 23.1 Å². The first kappa shape index (κ1) is 36.1. The van der Waals surface area contributed by atoms with Crippen molar-refractivity contribution in [2.24, 2.45) is 5.11 Å². The highest BCUT2D eigenvalue weighted by Gasteiger charge is 2.51. The number of rotatable bonds is 18.